The highest BCUT2D eigenvalue weighted by molar-refractivity contribution is 5.93. The van der Waals surface area contributed by atoms with E-state index in [2.05, 4.69) is 47.7 Å². The molecule has 0 radical (unpaired) electrons. The van der Waals surface area contributed by atoms with E-state index < -0.39 is 102 Å². The van der Waals surface area contributed by atoms with Crippen LogP contribution >= 0.6 is 0 Å². The Morgan fingerprint density at radius 1 is 0.589 bits per heavy atom. The number of carbonyl (C=O) groups is 10. The molecular weight excluding hydrogens is 1190 g/mol. The number of aromatic hydroxyl groups is 1. The van der Waals surface area contributed by atoms with Crippen molar-refractivity contribution in [1.82, 2.24) is 62.3 Å². The third-order valence-corrected chi connectivity index (χ3v) is 13.6. The predicted octanol–water partition coefficient (Wildman–Crippen LogP) is -1.17. The van der Waals surface area contributed by atoms with Gasteiger partial charge < -0.3 is 68.1 Å². The van der Waals surface area contributed by atoms with E-state index in [4.69, 9.17) is 15.3 Å². The van der Waals surface area contributed by atoms with E-state index in [1.54, 1.807) is 81.1 Å². The van der Waals surface area contributed by atoms with Gasteiger partial charge in [-0.1, -0.05) is 49.4 Å². The Kier molecular flexibility index (Phi) is 33.0. The molecule has 3 aromatic rings. The van der Waals surface area contributed by atoms with Crippen LogP contribution in [-0.2, 0) is 54.5 Å². The number of carboxylic acids is 3. The van der Waals surface area contributed by atoms with Gasteiger partial charge in [0, 0.05) is 122 Å². The van der Waals surface area contributed by atoms with E-state index in [-0.39, 0.29) is 155 Å². The molecule has 1 heterocycles. The standard InChI is InChI=1S/C58H82F2N14O16/c1-2-47(76)64-19-20-66-58(88)69-57(61)65-17-9-14-46(55(86)67-33-43-44(59)31-41(75)32-45(43)60)68-56(87)54(39-10-4-3-5-11-39)40-12-8-13-42(30-40)89-29-7-6-16-62-50(79)38-90-70-48(77)15-18-63-49(78)34-71-21-23-72(35-51(80)81)25-27-74(37-53(84)85)28-26-73(24-22-71)36-52(82)83/h3-5,8,10-13,30-32,46,54,75H,2,6-7,9,14-29,33-38H2,1H3,(H,62,79)(H,63,78)(H,64,76)(H,67,86)(H,68,87)(H,70,77)(H,80,81)(H,82,83)(H,84,85)(H4,61,65,66,69,88)/t46-,54?/m1/s1. The number of phenols is 1. The third-order valence-electron chi connectivity index (χ3n) is 13.6. The van der Waals surface area contributed by atoms with Crippen LogP contribution in [0.2, 0.25) is 0 Å². The number of benzene rings is 3. The summed E-state index contributed by atoms with van der Waals surface area (Å²) in [5, 5.41) is 56.3. The number of rotatable bonds is 35. The van der Waals surface area contributed by atoms with Gasteiger partial charge in [0.25, 0.3) is 0 Å². The average molecular weight is 1270 g/mol. The maximum atomic E-state index is 14.7. The normalized spacial score (nSPS) is 14.5. The second-order valence-electron chi connectivity index (χ2n) is 20.7. The Hall–Kier alpha value is -9.11. The fourth-order valence-corrected chi connectivity index (χ4v) is 9.00. The lowest BCUT2D eigenvalue weighted by Crippen LogP contribution is -2.50. The molecule has 8 amide bonds. The summed E-state index contributed by atoms with van der Waals surface area (Å²) in [6.45, 7) is 1.91. The summed E-state index contributed by atoms with van der Waals surface area (Å²) < 4.78 is 35.3. The van der Waals surface area contributed by atoms with Crippen molar-refractivity contribution in [3.63, 3.8) is 0 Å². The quantitative estimate of drug-likeness (QED) is 0.0143. The molecule has 14 N–H and O–H groups in total. The minimum Gasteiger partial charge on any atom is -0.508 e. The van der Waals surface area contributed by atoms with Gasteiger partial charge in [-0.2, -0.15) is 4.99 Å². The Morgan fingerprint density at radius 2 is 1.13 bits per heavy atom. The molecule has 30 nitrogen and oxygen atoms in total. The average Bonchev–Trinajstić information content (AvgIpc) is 2.08. The number of unbranched alkanes of at least 4 members (excludes halogenated alkanes) is 1. The molecule has 90 heavy (non-hydrogen) atoms. The van der Waals surface area contributed by atoms with Crippen molar-refractivity contribution >= 4 is 65.3 Å². The van der Waals surface area contributed by atoms with Crippen LogP contribution < -0.4 is 53.2 Å². The highest BCUT2D eigenvalue weighted by Gasteiger charge is 2.29. The molecule has 2 atom stereocenters. The van der Waals surface area contributed by atoms with Crippen LogP contribution in [0.4, 0.5) is 13.6 Å². The number of carboxylic acid groups (broad SMARTS) is 3. The van der Waals surface area contributed by atoms with Crippen molar-refractivity contribution < 1.29 is 86.7 Å². The van der Waals surface area contributed by atoms with Gasteiger partial charge >= 0.3 is 23.9 Å². The fourth-order valence-electron chi connectivity index (χ4n) is 9.00. The molecule has 1 unspecified atom stereocenters. The number of nitrogens with one attached hydrogen (secondary N) is 8. The van der Waals surface area contributed by atoms with E-state index in [9.17, 15) is 77.2 Å². The molecule has 1 saturated heterocycles. The zero-order valence-electron chi connectivity index (χ0n) is 50.1. The van der Waals surface area contributed by atoms with Crippen LogP contribution in [0.25, 0.3) is 0 Å². The summed E-state index contributed by atoms with van der Waals surface area (Å²) in [5.41, 5.74) is 8.55. The summed E-state index contributed by atoms with van der Waals surface area (Å²) in [6, 6.07) is 14.7. The number of nitrogens with two attached hydrogens (primary N) is 1. The number of phenolic OH excluding ortho intramolecular Hbond substituents is 1. The van der Waals surface area contributed by atoms with E-state index >= 15 is 0 Å². The molecule has 4 rings (SSSR count). The van der Waals surface area contributed by atoms with Crippen molar-refractivity contribution in [2.45, 2.75) is 64.0 Å². The number of ether oxygens (including phenoxy) is 1. The van der Waals surface area contributed by atoms with Crippen molar-refractivity contribution in [2.24, 2.45) is 10.7 Å². The summed E-state index contributed by atoms with van der Waals surface area (Å²) in [6.07, 6.45) is 1.15. The molecule has 1 aliphatic heterocycles. The van der Waals surface area contributed by atoms with Gasteiger partial charge in [0.2, 0.25) is 35.4 Å². The molecule has 0 aliphatic carbocycles. The molecule has 0 saturated carbocycles. The minimum absolute atomic E-state index is 0.0342. The monoisotopic (exact) mass is 1270 g/mol. The second kappa shape index (κ2) is 40.4. The zero-order valence-corrected chi connectivity index (χ0v) is 50.1. The number of aliphatic imine (C=N–C) groups is 1. The minimum atomic E-state index is -1.27. The molecule has 1 fully saturated rings. The highest BCUT2D eigenvalue weighted by atomic mass is 19.1. The number of guanidine groups is 1. The van der Waals surface area contributed by atoms with Crippen molar-refractivity contribution in [3.8, 4) is 11.5 Å². The molecule has 0 bridgehead atoms. The molecular formula is C58H82F2N14O16. The van der Waals surface area contributed by atoms with Gasteiger partial charge in [0.05, 0.1) is 38.7 Å². The SMILES string of the molecule is CCC(=O)NCCNC(=O)/N=C(/N)NCCC[C@@H](NC(=O)C(c1ccccc1)c1cccc(OCCCCNC(=O)CONC(=O)CCNC(=O)CN2CCN(CC(=O)O)CCN(CC(=O)O)CCN(CC(=O)O)CC2)c1)C(=O)NCc1c(F)cc(O)cc1F. The van der Waals surface area contributed by atoms with Gasteiger partial charge in [-0.15, -0.1) is 0 Å². The van der Waals surface area contributed by atoms with Crippen molar-refractivity contribution in [1.29, 1.82) is 0 Å². The highest BCUT2D eigenvalue weighted by Crippen LogP contribution is 2.29. The van der Waals surface area contributed by atoms with Crippen LogP contribution in [0.1, 0.15) is 68.1 Å². The summed E-state index contributed by atoms with van der Waals surface area (Å²) in [7, 11) is 0. The molecule has 1 aliphatic rings. The van der Waals surface area contributed by atoms with Crippen molar-refractivity contribution in [3.05, 3.63) is 95.1 Å². The first-order valence-corrected chi connectivity index (χ1v) is 29.2. The molecule has 0 spiro atoms. The summed E-state index contributed by atoms with van der Waals surface area (Å²) >= 11 is 0. The Bertz CT molecular complexity index is 2840. The van der Waals surface area contributed by atoms with Crippen LogP contribution in [0.3, 0.4) is 0 Å². The number of hydrogen-bond donors (Lipinski definition) is 13. The smallest absolute Gasteiger partial charge is 0.344 e. The third kappa shape index (κ3) is 29.7. The Morgan fingerprint density at radius 3 is 1.72 bits per heavy atom. The summed E-state index contributed by atoms with van der Waals surface area (Å²) in [4.78, 5) is 140. The maximum Gasteiger partial charge on any atom is 0.344 e. The lowest BCUT2D eigenvalue weighted by Gasteiger charge is -2.32. The van der Waals surface area contributed by atoms with Gasteiger partial charge in [-0.3, -0.25) is 67.6 Å². The molecule has 3 aromatic carbocycles. The van der Waals surface area contributed by atoms with Crippen LogP contribution in [0.15, 0.2) is 71.7 Å². The number of hydroxylamine groups is 1. The predicted molar refractivity (Wildman–Crippen MR) is 320 cm³/mol. The van der Waals surface area contributed by atoms with E-state index in [0.717, 1.165) is 0 Å². The zero-order chi connectivity index (χ0) is 65.8. The number of hydrogen-bond acceptors (Lipinski definition) is 17. The van der Waals surface area contributed by atoms with Gasteiger partial charge in [0.1, 0.15) is 29.2 Å². The number of aliphatic carboxylic acids is 3. The van der Waals surface area contributed by atoms with Gasteiger partial charge in [-0.25, -0.2) is 19.1 Å². The van der Waals surface area contributed by atoms with Crippen LogP contribution in [0.5, 0.6) is 11.5 Å². The molecule has 494 valence electrons. The van der Waals surface area contributed by atoms with E-state index in [1.807, 2.05) is 0 Å². The first kappa shape index (κ1) is 73.4. The summed E-state index contributed by atoms with van der Waals surface area (Å²) in [5.74, 6) is -10.2. The largest absolute Gasteiger partial charge is 0.508 e. The van der Waals surface area contributed by atoms with Crippen LogP contribution in [0, 0.1) is 11.6 Å². The first-order valence-electron chi connectivity index (χ1n) is 29.2. The number of nitrogens with zero attached hydrogens (tertiary/aromatic N) is 5. The maximum absolute atomic E-state index is 14.7. The van der Waals surface area contributed by atoms with Crippen molar-refractivity contribution in [2.75, 3.05) is 124 Å². The first-order chi connectivity index (χ1) is 43.1. The Balaban J connectivity index is 1.24. The lowest BCUT2D eigenvalue weighted by atomic mass is 9.90. The second-order valence-corrected chi connectivity index (χ2v) is 20.7. The van der Waals surface area contributed by atoms with Crippen LogP contribution in [-0.4, -0.2) is 236 Å². The molecule has 32 heteroatoms. The lowest BCUT2D eigenvalue weighted by molar-refractivity contribution is -0.140. The van der Waals surface area contributed by atoms with E-state index in [1.165, 1.54) is 0 Å². The van der Waals surface area contributed by atoms with E-state index in [0.29, 0.717) is 41.9 Å². The topological polar surface area (TPSA) is 418 Å². The van der Waals surface area contributed by atoms with Gasteiger partial charge in [0.15, 0.2) is 12.6 Å². The number of amides is 8. The Labute approximate surface area is 518 Å². The van der Waals surface area contributed by atoms with Gasteiger partial charge in [-0.05, 0) is 48.9 Å². The molecule has 0 aromatic heterocycles. The number of carbonyl (C=O) groups excluding carboxylic acids is 7. The number of urea groups is 1. The number of halogens is 2. The fraction of sp³-hybridized carbons (Fsp3) is 0.500.